The van der Waals surface area contributed by atoms with E-state index < -0.39 is 0 Å². The van der Waals surface area contributed by atoms with E-state index in [0.29, 0.717) is 5.92 Å². The first-order valence-electron chi connectivity index (χ1n) is 9.33. The lowest BCUT2D eigenvalue weighted by atomic mass is 9.85. The first-order chi connectivity index (χ1) is 11.8. The van der Waals surface area contributed by atoms with Gasteiger partial charge in [0.15, 0.2) is 0 Å². The minimum atomic E-state index is -0.128. The van der Waals surface area contributed by atoms with Crippen LogP contribution < -0.4 is 0 Å². The molecule has 0 N–H and O–H groups in total. The zero-order valence-corrected chi connectivity index (χ0v) is 15.0. The van der Waals surface area contributed by atoms with Crippen molar-refractivity contribution in [1.29, 1.82) is 0 Å². The Hall–Kier alpha value is -1.19. The molecule has 2 aromatic rings. The van der Waals surface area contributed by atoms with Gasteiger partial charge in [-0.15, -0.1) is 11.3 Å². The largest absolute Gasteiger partial charge is 0.303 e. The highest BCUT2D eigenvalue weighted by Gasteiger charge is 2.24. The summed E-state index contributed by atoms with van der Waals surface area (Å²) >= 11 is 1.95. The van der Waals surface area contributed by atoms with Gasteiger partial charge < -0.3 is 4.90 Å². The van der Waals surface area contributed by atoms with Crippen LogP contribution in [0, 0.1) is 5.82 Å². The van der Waals surface area contributed by atoms with Crippen molar-refractivity contribution in [3.05, 3.63) is 57.5 Å². The molecule has 1 atom stereocenters. The van der Waals surface area contributed by atoms with Gasteiger partial charge in [-0.05, 0) is 105 Å². The summed E-state index contributed by atoms with van der Waals surface area (Å²) in [4.78, 5) is 4.28. The molecule has 1 saturated heterocycles. The average Bonchev–Trinajstić information content (AvgIpc) is 3.10. The Balaban J connectivity index is 1.28. The maximum Gasteiger partial charge on any atom is 0.123 e. The van der Waals surface area contributed by atoms with Gasteiger partial charge in [-0.3, -0.25) is 0 Å². The highest BCUT2D eigenvalue weighted by Crippen LogP contribution is 2.37. The molecule has 1 nitrogen and oxygen atoms in total. The molecule has 2 aliphatic rings. The van der Waals surface area contributed by atoms with Crippen LogP contribution in [0.15, 0.2) is 35.7 Å². The van der Waals surface area contributed by atoms with Crippen LogP contribution in [0.2, 0.25) is 0 Å². The van der Waals surface area contributed by atoms with Crippen molar-refractivity contribution < 1.29 is 4.39 Å². The first-order valence-corrected chi connectivity index (χ1v) is 10.2. The molecule has 1 aromatic carbocycles. The number of aryl methyl sites for hydroxylation is 1. The molecular formula is C21H26FNS. The maximum atomic E-state index is 13.1. The number of thiophene rings is 1. The molecular weight excluding hydrogens is 317 g/mol. The molecule has 0 saturated carbocycles. The Morgan fingerprint density at radius 1 is 1.04 bits per heavy atom. The molecule has 3 heteroatoms. The summed E-state index contributed by atoms with van der Waals surface area (Å²) in [6, 6.07) is 9.50. The van der Waals surface area contributed by atoms with Crippen molar-refractivity contribution in [1.82, 2.24) is 4.90 Å². The van der Waals surface area contributed by atoms with Gasteiger partial charge in [0.05, 0.1) is 0 Å². The second-order valence-corrected chi connectivity index (χ2v) is 8.35. The summed E-state index contributed by atoms with van der Waals surface area (Å²) in [6.07, 6.45) is 7.76. The lowest BCUT2D eigenvalue weighted by Gasteiger charge is -2.33. The zero-order valence-electron chi connectivity index (χ0n) is 14.2. The highest BCUT2D eigenvalue weighted by atomic mass is 32.1. The number of nitrogens with zero attached hydrogens (tertiary/aromatic N) is 1. The second-order valence-electron chi connectivity index (χ2n) is 7.34. The molecule has 0 spiro atoms. The number of likely N-dealkylation sites (tertiary alicyclic amines) is 1. The fourth-order valence-electron chi connectivity index (χ4n) is 4.45. The van der Waals surface area contributed by atoms with E-state index in [9.17, 15) is 4.39 Å². The van der Waals surface area contributed by atoms with Gasteiger partial charge in [0, 0.05) is 4.88 Å². The summed E-state index contributed by atoms with van der Waals surface area (Å²) in [7, 11) is 0. The van der Waals surface area contributed by atoms with E-state index in [4.69, 9.17) is 0 Å². The van der Waals surface area contributed by atoms with Gasteiger partial charge in [0.2, 0.25) is 0 Å². The summed E-state index contributed by atoms with van der Waals surface area (Å²) in [5.74, 6) is 1.27. The monoisotopic (exact) mass is 343 g/mol. The summed E-state index contributed by atoms with van der Waals surface area (Å²) < 4.78 is 13.1. The van der Waals surface area contributed by atoms with Gasteiger partial charge in [-0.2, -0.15) is 0 Å². The summed E-state index contributed by atoms with van der Waals surface area (Å²) in [5, 5.41) is 2.27. The van der Waals surface area contributed by atoms with E-state index in [1.54, 1.807) is 22.6 Å². The zero-order chi connectivity index (χ0) is 16.4. The molecule has 0 bridgehead atoms. The van der Waals surface area contributed by atoms with Gasteiger partial charge in [0.25, 0.3) is 0 Å². The number of hydrogen-bond acceptors (Lipinski definition) is 2. The van der Waals surface area contributed by atoms with E-state index in [1.807, 2.05) is 23.5 Å². The van der Waals surface area contributed by atoms with Crippen LogP contribution in [-0.4, -0.2) is 24.5 Å². The van der Waals surface area contributed by atoms with Crippen LogP contribution in [0.3, 0.4) is 0 Å². The van der Waals surface area contributed by atoms with Crippen molar-refractivity contribution >= 4 is 11.3 Å². The first kappa shape index (κ1) is 16.3. The normalized spacial score (nSPS) is 22.5. The van der Waals surface area contributed by atoms with Gasteiger partial charge in [-0.1, -0.05) is 12.1 Å². The van der Waals surface area contributed by atoms with Crippen molar-refractivity contribution in [2.45, 2.75) is 50.4 Å². The Bertz CT molecular complexity index is 655. The number of fused-ring (bicyclic) bond motifs is 1. The number of rotatable bonds is 4. The Morgan fingerprint density at radius 2 is 1.83 bits per heavy atom. The van der Waals surface area contributed by atoms with Crippen molar-refractivity contribution in [2.75, 3.05) is 19.6 Å². The lowest BCUT2D eigenvalue weighted by Crippen LogP contribution is -2.34. The fourth-order valence-corrected chi connectivity index (χ4v) is 5.46. The maximum absolute atomic E-state index is 13.1. The molecule has 2 heterocycles. The van der Waals surface area contributed by atoms with Crippen molar-refractivity contribution in [3.63, 3.8) is 0 Å². The van der Waals surface area contributed by atoms with Gasteiger partial charge >= 0.3 is 0 Å². The third-order valence-electron chi connectivity index (χ3n) is 5.90. The Morgan fingerprint density at radius 3 is 2.62 bits per heavy atom. The Labute approximate surface area is 148 Å². The molecule has 0 amide bonds. The van der Waals surface area contributed by atoms with Gasteiger partial charge in [0.1, 0.15) is 5.82 Å². The van der Waals surface area contributed by atoms with Crippen LogP contribution in [0.4, 0.5) is 4.39 Å². The molecule has 1 unspecified atom stereocenters. The van der Waals surface area contributed by atoms with Crippen LogP contribution in [-0.2, 0) is 6.42 Å². The molecule has 128 valence electrons. The van der Waals surface area contributed by atoms with Crippen LogP contribution in [0.1, 0.15) is 59.9 Å². The third-order valence-corrected chi connectivity index (χ3v) is 6.90. The molecule has 0 radical (unpaired) electrons. The van der Waals surface area contributed by atoms with Crippen LogP contribution in [0.25, 0.3) is 0 Å². The molecule has 1 aliphatic heterocycles. The van der Waals surface area contributed by atoms with Gasteiger partial charge in [-0.25, -0.2) is 4.39 Å². The number of benzene rings is 1. The molecule has 1 fully saturated rings. The van der Waals surface area contributed by atoms with E-state index in [-0.39, 0.29) is 5.82 Å². The number of halogens is 1. The van der Waals surface area contributed by atoms with Crippen molar-refractivity contribution in [3.8, 4) is 0 Å². The minimum absolute atomic E-state index is 0.128. The summed E-state index contributed by atoms with van der Waals surface area (Å²) in [5.41, 5.74) is 2.96. The number of piperidine rings is 1. The lowest BCUT2D eigenvalue weighted by molar-refractivity contribution is 0.203. The van der Waals surface area contributed by atoms with Crippen LogP contribution >= 0.6 is 11.3 Å². The predicted octanol–water partition coefficient (Wildman–Crippen LogP) is 5.58. The SMILES string of the molecule is Fc1ccc(C2CCN(CCC3CCCc4sccc43)CC2)cc1. The second kappa shape index (κ2) is 7.37. The quantitative estimate of drug-likeness (QED) is 0.701. The highest BCUT2D eigenvalue weighted by molar-refractivity contribution is 7.10. The Kier molecular flexibility index (Phi) is 5.00. The van der Waals surface area contributed by atoms with E-state index >= 15 is 0 Å². The molecule has 4 rings (SSSR count). The average molecular weight is 344 g/mol. The number of hydrogen-bond donors (Lipinski definition) is 0. The smallest absolute Gasteiger partial charge is 0.123 e. The molecule has 24 heavy (non-hydrogen) atoms. The van der Waals surface area contributed by atoms with E-state index in [2.05, 4.69) is 16.3 Å². The minimum Gasteiger partial charge on any atom is -0.303 e. The predicted molar refractivity (Wildman–Crippen MR) is 99.4 cm³/mol. The van der Waals surface area contributed by atoms with Crippen molar-refractivity contribution in [2.24, 2.45) is 0 Å². The van der Waals surface area contributed by atoms with E-state index in [1.165, 1.54) is 63.7 Å². The fraction of sp³-hybridized carbons (Fsp3) is 0.524. The molecule has 1 aliphatic carbocycles. The molecule has 1 aromatic heterocycles. The standard InChI is InChI=1S/C21H26FNS/c22-19-6-4-16(5-7-19)17-8-12-23(13-9-17)14-10-18-2-1-3-21-20(18)11-15-24-21/h4-7,11,15,17-18H,1-3,8-10,12-14H2. The van der Waals surface area contributed by atoms with Crippen LogP contribution in [0.5, 0.6) is 0 Å². The van der Waals surface area contributed by atoms with E-state index in [0.717, 1.165) is 5.92 Å². The third kappa shape index (κ3) is 3.57. The topological polar surface area (TPSA) is 3.24 Å². The summed E-state index contributed by atoms with van der Waals surface area (Å²) in [6.45, 7) is 3.60.